The number of hydrazone groups is 1. The fourth-order valence-electron chi connectivity index (χ4n) is 4.93. The summed E-state index contributed by atoms with van der Waals surface area (Å²) in [5, 5.41) is 7.59. The maximum absolute atomic E-state index is 13.5. The molecule has 212 valence electrons. The highest BCUT2D eigenvalue weighted by molar-refractivity contribution is 7.17. The topological polar surface area (TPSA) is 77.0 Å². The van der Waals surface area contributed by atoms with E-state index in [0.29, 0.717) is 21.7 Å². The van der Waals surface area contributed by atoms with Crippen molar-refractivity contribution in [3.8, 4) is 0 Å². The van der Waals surface area contributed by atoms with E-state index in [4.69, 9.17) is 0 Å². The smallest absolute Gasteiger partial charge is 0.274 e. The molecule has 0 fully saturated rings. The van der Waals surface area contributed by atoms with Gasteiger partial charge in [0, 0.05) is 30.1 Å². The number of nitrogens with zero attached hydrogens (tertiary/aromatic N) is 3. The molecule has 0 spiro atoms. The molecule has 1 aromatic heterocycles. The zero-order chi connectivity index (χ0) is 28.5. The first kappa shape index (κ1) is 29.6. The van der Waals surface area contributed by atoms with E-state index in [1.54, 1.807) is 18.2 Å². The van der Waals surface area contributed by atoms with Crippen LogP contribution in [0, 0.1) is 5.82 Å². The molecular weight excluding hydrogens is 525 g/mol. The summed E-state index contributed by atoms with van der Waals surface area (Å²) in [5.74, 6) is -1.00. The van der Waals surface area contributed by atoms with Gasteiger partial charge in [0.25, 0.3) is 11.8 Å². The Hall–Kier alpha value is -3.40. The summed E-state index contributed by atoms with van der Waals surface area (Å²) in [5.41, 5.74) is 6.17. The van der Waals surface area contributed by atoms with Crippen molar-refractivity contribution in [2.45, 2.75) is 46.1 Å². The summed E-state index contributed by atoms with van der Waals surface area (Å²) < 4.78 is 13.5. The second kappa shape index (κ2) is 14.3. The lowest BCUT2D eigenvalue weighted by molar-refractivity contribution is 0.0955. The normalized spacial score (nSPS) is 13.2. The summed E-state index contributed by atoms with van der Waals surface area (Å²) in [6.45, 7) is 9.10. The van der Waals surface area contributed by atoms with Gasteiger partial charge in [-0.2, -0.15) is 5.10 Å². The Morgan fingerprint density at radius 1 is 1.02 bits per heavy atom. The molecule has 40 heavy (non-hydrogen) atoms. The predicted octanol–water partition coefficient (Wildman–Crippen LogP) is 5.56. The highest BCUT2D eigenvalue weighted by atomic mass is 32.1. The maximum atomic E-state index is 13.5. The van der Waals surface area contributed by atoms with Crippen LogP contribution in [0.25, 0.3) is 0 Å². The van der Waals surface area contributed by atoms with E-state index >= 15 is 0 Å². The van der Waals surface area contributed by atoms with Gasteiger partial charge in [0.15, 0.2) is 0 Å². The number of aryl methyl sites for hydroxylation is 1. The Balaban J connectivity index is 1.46. The van der Waals surface area contributed by atoms with Gasteiger partial charge in [-0.05, 0) is 86.8 Å². The van der Waals surface area contributed by atoms with Crippen LogP contribution in [-0.2, 0) is 19.4 Å². The van der Waals surface area contributed by atoms with Gasteiger partial charge in [0.1, 0.15) is 10.8 Å². The second-order valence-corrected chi connectivity index (χ2v) is 11.2. The number of rotatable bonds is 12. The van der Waals surface area contributed by atoms with Crippen LogP contribution in [0.4, 0.5) is 9.39 Å². The summed E-state index contributed by atoms with van der Waals surface area (Å²) >= 11 is 1.47. The molecule has 1 aliphatic carbocycles. The van der Waals surface area contributed by atoms with E-state index in [0.717, 1.165) is 74.4 Å². The summed E-state index contributed by atoms with van der Waals surface area (Å²) in [7, 11) is 2.09. The largest absolute Gasteiger partial charge is 0.313 e. The number of carbonyl (C=O) groups excluding carboxylic acids is 2. The number of anilines is 1. The van der Waals surface area contributed by atoms with Crippen molar-refractivity contribution in [1.82, 2.24) is 15.2 Å². The number of likely N-dealkylation sites (N-methyl/N-ethyl adjacent to an activating group) is 2. The maximum Gasteiger partial charge on any atom is 0.274 e. The first-order valence-electron chi connectivity index (χ1n) is 13.9. The Morgan fingerprint density at radius 3 is 2.58 bits per heavy atom. The molecular formula is C31H38FN5O2S. The number of thiophene rings is 1. The van der Waals surface area contributed by atoms with Crippen molar-refractivity contribution in [1.29, 1.82) is 0 Å². The minimum Gasteiger partial charge on any atom is -0.313 e. The molecule has 0 unspecified atom stereocenters. The molecule has 2 N–H and O–H groups in total. The van der Waals surface area contributed by atoms with Crippen LogP contribution in [0.1, 0.15) is 69.0 Å². The van der Waals surface area contributed by atoms with Gasteiger partial charge in [-0.1, -0.05) is 38.1 Å². The number of amides is 2. The lowest BCUT2D eigenvalue weighted by atomic mass is 9.95. The number of hydrogen-bond donors (Lipinski definition) is 2. The number of fused-ring (bicyclic) bond motifs is 1. The molecule has 1 aliphatic rings. The Morgan fingerprint density at radius 2 is 1.80 bits per heavy atom. The number of halogens is 1. The minimum atomic E-state index is -0.383. The SMILES string of the molecule is CCN(CC)CCN(C)Cc1cccc(C(=O)Nc2sc3c(c2C(=O)N/N=C/c2cccc(F)c2)CCCC3)c1. The molecule has 2 aromatic carbocycles. The van der Waals surface area contributed by atoms with Crippen molar-refractivity contribution in [3.05, 3.63) is 87.0 Å². The van der Waals surface area contributed by atoms with Gasteiger partial charge in [-0.15, -0.1) is 11.3 Å². The minimum absolute atomic E-state index is 0.247. The van der Waals surface area contributed by atoms with Crippen LogP contribution < -0.4 is 10.7 Å². The van der Waals surface area contributed by atoms with Crippen molar-refractivity contribution in [2.24, 2.45) is 5.10 Å². The van der Waals surface area contributed by atoms with Crippen LogP contribution in [0.3, 0.4) is 0 Å². The summed E-state index contributed by atoms with van der Waals surface area (Å²) in [6.07, 6.45) is 5.13. The van der Waals surface area contributed by atoms with Gasteiger partial charge >= 0.3 is 0 Å². The third-order valence-corrected chi connectivity index (χ3v) is 8.40. The lowest BCUT2D eigenvalue weighted by Crippen LogP contribution is -2.32. The third kappa shape index (κ3) is 7.84. The van der Waals surface area contributed by atoms with Crippen molar-refractivity contribution >= 4 is 34.4 Å². The molecule has 0 saturated heterocycles. The van der Waals surface area contributed by atoms with Gasteiger partial charge in [0.05, 0.1) is 11.8 Å². The third-order valence-electron chi connectivity index (χ3n) is 7.19. The highest BCUT2D eigenvalue weighted by Gasteiger charge is 2.26. The van der Waals surface area contributed by atoms with Gasteiger partial charge in [0.2, 0.25) is 0 Å². The van der Waals surface area contributed by atoms with Crippen molar-refractivity contribution in [2.75, 3.05) is 38.5 Å². The fourth-order valence-corrected chi connectivity index (χ4v) is 6.21. The average Bonchev–Trinajstić information content (AvgIpc) is 3.31. The predicted molar refractivity (Wildman–Crippen MR) is 161 cm³/mol. The lowest BCUT2D eigenvalue weighted by Gasteiger charge is -2.23. The summed E-state index contributed by atoms with van der Waals surface area (Å²) in [6, 6.07) is 13.6. The molecule has 0 saturated carbocycles. The van der Waals surface area contributed by atoms with Gasteiger partial charge < -0.3 is 15.1 Å². The van der Waals surface area contributed by atoms with Crippen molar-refractivity contribution in [3.63, 3.8) is 0 Å². The quantitative estimate of drug-likeness (QED) is 0.224. The monoisotopic (exact) mass is 563 g/mol. The van der Waals surface area contributed by atoms with Gasteiger partial charge in [-0.25, -0.2) is 9.82 Å². The Kier molecular flexibility index (Phi) is 10.6. The second-order valence-electron chi connectivity index (χ2n) is 10.1. The molecule has 0 aliphatic heterocycles. The van der Waals surface area contributed by atoms with E-state index in [-0.39, 0.29) is 17.6 Å². The molecule has 4 rings (SSSR count). The molecule has 2 amide bonds. The van der Waals surface area contributed by atoms with Crippen LogP contribution >= 0.6 is 11.3 Å². The average molecular weight is 564 g/mol. The molecule has 1 heterocycles. The molecule has 0 bridgehead atoms. The number of carbonyl (C=O) groups is 2. The van der Waals surface area contributed by atoms with E-state index in [1.165, 1.54) is 29.7 Å². The number of nitrogens with one attached hydrogen (secondary N) is 2. The van der Waals surface area contributed by atoms with Crippen LogP contribution in [0.15, 0.2) is 53.6 Å². The summed E-state index contributed by atoms with van der Waals surface area (Å²) in [4.78, 5) is 32.4. The standard InChI is InChI=1S/C31H38FN5O2S/c1-4-37(5-2)17-16-36(3)21-23-11-8-12-24(18-23)29(38)34-31-28(26-14-6-7-15-27(26)40-31)30(39)35-33-20-22-10-9-13-25(32)19-22/h8-13,18-20H,4-7,14-17,21H2,1-3H3,(H,34,38)(H,35,39)/b33-20+. The van der Waals surface area contributed by atoms with Crippen LogP contribution in [0.5, 0.6) is 0 Å². The first-order valence-corrected chi connectivity index (χ1v) is 14.7. The van der Waals surface area contributed by atoms with Crippen LogP contribution in [-0.4, -0.2) is 61.1 Å². The van der Waals surface area contributed by atoms with Crippen molar-refractivity contribution < 1.29 is 14.0 Å². The fraction of sp³-hybridized carbons (Fsp3) is 0.387. The molecule has 0 atom stereocenters. The number of benzene rings is 2. The molecule has 9 heteroatoms. The molecule has 0 radical (unpaired) electrons. The first-order chi connectivity index (χ1) is 19.4. The molecule has 7 nitrogen and oxygen atoms in total. The zero-order valence-corrected chi connectivity index (χ0v) is 24.3. The highest BCUT2D eigenvalue weighted by Crippen LogP contribution is 2.38. The molecule has 3 aromatic rings. The Labute approximate surface area is 240 Å². The van der Waals surface area contributed by atoms with Gasteiger partial charge in [-0.3, -0.25) is 9.59 Å². The van der Waals surface area contributed by atoms with Crippen LogP contribution in [0.2, 0.25) is 0 Å². The van der Waals surface area contributed by atoms with E-state index < -0.39 is 0 Å². The van der Waals surface area contributed by atoms with E-state index in [1.807, 2.05) is 18.2 Å². The Bertz CT molecular complexity index is 1350. The van der Waals surface area contributed by atoms with E-state index in [9.17, 15) is 14.0 Å². The number of hydrogen-bond acceptors (Lipinski definition) is 6. The van der Waals surface area contributed by atoms with E-state index in [2.05, 4.69) is 46.5 Å². The zero-order valence-electron chi connectivity index (χ0n) is 23.5.